The predicted molar refractivity (Wildman–Crippen MR) is 87.3 cm³/mol. The van der Waals surface area contributed by atoms with Crippen molar-refractivity contribution in [2.45, 2.75) is 6.54 Å². The van der Waals surface area contributed by atoms with Gasteiger partial charge in [0.25, 0.3) is 5.91 Å². The standard InChI is InChI=1S/C17H20N4O2/c1-20(12-14-5-3-2-4-6-14)16-11-15(18-13-19-16)17(22)21-7-9-23-10-8-21/h2-6,11,13H,7-10,12H2,1H3. The minimum atomic E-state index is -0.0648. The molecule has 1 saturated heterocycles. The minimum Gasteiger partial charge on any atom is -0.378 e. The number of carbonyl (C=O) groups is 1. The van der Waals surface area contributed by atoms with E-state index in [4.69, 9.17) is 4.74 Å². The zero-order valence-electron chi connectivity index (χ0n) is 13.2. The smallest absolute Gasteiger partial charge is 0.272 e. The molecule has 0 saturated carbocycles. The number of aromatic nitrogens is 2. The van der Waals surface area contributed by atoms with Crippen LogP contribution in [0, 0.1) is 0 Å². The Bertz CT molecular complexity index is 657. The van der Waals surface area contributed by atoms with Crippen molar-refractivity contribution in [2.24, 2.45) is 0 Å². The molecule has 6 heteroatoms. The lowest BCUT2D eigenvalue weighted by molar-refractivity contribution is 0.0299. The third-order valence-electron chi connectivity index (χ3n) is 3.82. The van der Waals surface area contributed by atoms with Gasteiger partial charge in [-0.25, -0.2) is 9.97 Å². The van der Waals surface area contributed by atoms with Crippen LogP contribution in [0.25, 0.3) is 0 Å². The first-order valence-corrected chi connectivity index (χ1v) is 7.68. The average Bonchev–Trinajstić information content (AvgIpc) is 2.63. The highest BCUT2D eigenvalue weighted by Crippen LogP contribution is 2.14. The van der Waals surface area contributed by atoms with Gasteiger partial charge in [0.1, 0.15) is 17.8 Å². The molecular weight excluding hydrogens is 292 g/mol. The Balaban J connectivity index is 1.72. The first-order valence-electron chi connectivity index (χ1n) is 7.68. The largest absolute Gasteiger partial charge is 0.378 e. The Morgan fingerprint density at radius 3 is 2.70 bits per heavy atom. The molecular formula is C17H20N4O2. The zero-order valence-corrected chi connectivity index (χ0v) is 13.2. The third kappa shape index (κ3) is 3.84. The van der Waals surface area contributed by atoms with Crippen LogP contribution >= 0.6 is 0 Å². The molecule has 6 nitrogen and oxygen atoms in total. The van der Waals surface area contributed by atoms with E-state index in [1.807, 2.05) is 30.1 Å². The molecule has 2 aromatic rings. The molecule has 1 aromatic carbocycles. The van der Waals surface area contributed by atoms with E-state index in [0.29, 0.717) is 32.0 Å². The van der Waals surface area contributed by atoms with Crippen molar-refractivity contribution in [3.8, 4) is 0 Å². The lowest BCUT2D eigenvalue weighted by Crippen LogP contribution is -2.41. The molecule has 1 amide bonds. The highest BCUT2D eigenvalue weighted by molar-refractivity contribution is 5.93. The molecule has 0 unspecified atom stereocenters. The molecule has 0 atom stereocenters. The number of nitrogens with zero attached hydrogens (tertiary/aromatic N) is 4. The van der Waals surface area contributed by atoms with Crippen LogP contribution in [-0.4, -0.2) is 54.1 Å². The molecule has 1 aromatic heterocycles. The van der Waals surface area contributed by atoms with Gasteiger partial charge in [0.2, 0.25) is 0 Å². The van der Waals surface area contributed by atoms with Gasteiger partial charge in [-0.2, -0.15) is 0 Å². The molecule has 0 bridgehead atoms. The lowest BCUT2D eigenvalue weighted by Gasteiger charge is -2.26. The van der Waals surface area contributed by atoms with E-state index < -0.39 is 0 Å². The van der Waals surface area contributed by atoms with Crippen LogP contribution in [0.3, 0.4) is 0 Å². The van der Waals surface area contributed by atoms with E-state index in [1.165, 1.54) is 11.9 Å². The Morgan fingerprint density at radius 2 is 1.96 bits per heavy atom. The molecule has 1 aliphatic rings. The Hall–Kier alpha value is -2.47. The Labute approximate surface area is 135 Å². The summed E-state index contributed by atoms with van der Waals surface area (Å²) in [6, 6.07) is 11.9. The van der Waals surface area contributed by atoms with Crippen molar-refractivity contribution < 1.29 is 9.53 Å². The Morgan fingerprint density at radius 1 is 1.22 bits per heavy atom. The summed E-state index contributed by atoms with van der Waals surface area (Å²) in [7, 11) is 1.96. The highest BCUT2D eigenvalue weighted by atomic mass is 16.5. The molecule has 0 aliphatic carbocycles. The number of hydrogen-bond acceptors (Lipinski definition) is 5. The fourth-order valence-corrected chi connectivity index (χ4v) is 2.54. The molecule has 1 aliphatic heterocycles. The van der Waals surface area contributed by atoms with Crippen molar-refractivity contribution in [3.05, 3.63) is 54.0 Å². The van der Waals surface area contributed by atoms with Crippen LogP contribution in [0.5, 0.6) is 0 Å². The van der Waals surface area contributed by atoms with Gasteiger partial charge in [-0.15, -0.1) is 0 Å². The molecule has 2 heterocycles. The summed E-state index contributed by atoms with van der Waals surface area (Å²) in [6.07, 6.45) is 1.45. The first-order chi connectivity index (χ1) is 11.2. The first kappa shape index (κ1) is 15.4. The third-order valence-corrected chi connectivity index (χ3v) is 3.82. The van der Waals surface area contributed by atoms with Gasteiger partial charge in [-0.05, 0) is 5.56 Å². The van der Waals surface area contributed by atoms with Gasteiger partial charge in [0.15, 0.2) is 0 Å². The molecule has 0 N–H and O–H groups in total. The van der Waals surface area contributed by atoms with Crippen LogP contribution < -0.4 is 4.90 Å². The maximum atomic E-state index is 12.5. The van der Waals surface area contributed by atoms with E-state index in [9.17, 15) is 4.79 Å². The molecule has 0 spiro atoms. The maximum absolute atomic E-state index is 12.5. The van der Waals surface area contributed by atoms with Crippen molar-refractivity contribution in [3.63, 3.8) is 0 Å². The zero-order chi connectivity index (χ0) is 16.1. The van der Waals surface area contributed by atoms with E-state index in [1.54, 1.807) is 11.0 Å². The second-order valence-corrected chi connectivity index (χ2v) is 5.51. The normalized spacial score (nSPS) is 14.6. The SMILES string of the molecule is CN(Cc1ccccc1)c1cc(C(=O)N2CCOCC2)ncn1. The quantitative estimate of drug-likeness (QED) is 0.858. The fourth-order valence-electron chi connectivity index (χ4n) is 2.54. The topological polar surface area (TPSA) is 58.6 Å². The van der Waals surface area contributed by atoms with Gasteiger partial charge in [-0.1, -0.05) is 30.3 Å². The van der Waals surface area contributed by atoms with Crippen LogP contribution in [0.1, 0.15) is 16.1 Å². The van der Waals surface area contributed by atoms with E-state index >= 15 is 0 Å². The molecule has 0 radical (unpaired) electrons. The minimum absolute atomic E-state index is 0.0648. The number of anilines is 1. The van der Waals surface area contributed by atoms with Gasteiger partial charge in [-0.3, -0.25) is 4.79 Å². The monoisotopic (exact) mass is 312 g/mol. The maximum Gasteiger partial charge on any atom is 0.272 e. The highest BCUT2D eigenvalue weighted by Gasteiger charge is 2.20. The number of rotatable bonds is 4. The van der Waals surface area contributed by atoms with Crippen molar-refractivity contribution in [1.29, 1.82) is 0 Å². The summed E-state index contributed by atoms with van der Waals surface area (Å²) in [4.78, 5) is 24.7. The predicted octanol–water partition coefficient (Wildman–Crippen LogP) is 1.59. The number of benzene rings is 1. The molecule has 23 heavy (non-hydrogen) atoms. The Kier molecular flexibility index (Phi) is 4.83. The summed E-state index contributed by atoms with van der Waals surface area (Å²) in [5.74, 6) is 0.672. The van der Waals surface area contributed by atoms with Crippen LogP contribution in [0.2, 0.25) is 0 Å². The van der Waals surface area contributed by atoms with E-state index in [-0.39, 0.29) is 5.91 Å². The summed E-state index contributed by atoms with van der Waals surface area (Å²) < 4.78 is 5.28. The van der Waals surface area contributed by atoms with Gasteiger partial charge in [0.05, 0.1) is 13.2 Å². The number of ether oxygens (including phenoxy) is 1. The number of hydrogen-bond donors (Lipinski definition) is 0. The lowest BCUT2D eigenvalue weighted by atomic mass is 10.2. The van der Waals surface area contributed by atoms with Crippen molar-refractivity contribution in [2.75, 3.05) is 38.3 Å². The second-order valence-electron chi connectivity index (χ2n) is 5.51. The van der Waals surface area contributed by atoms with Crippen LogP contribution in [0.4, 0.5) is 5.82 Å². The van der Waals surface area contributed by atoms with Crippen molar-refractivity contribution >= 4 is 11.7 Å². The van der Waals surface area contributed by atoms with E-state index in [2.05, 4.69) is 22.1 Å². The van der Waals surface area contributed by atoms with Crippen molar-refractivity contribution in [1.82, 2.24) is 14.9 Å². The van der Waals surface area contributed by atoms with Crippen LogP contribution in [-0.2, 0) is 11.3 Å². The number of morpholine rings is 1. The summed E-state index contributed by atoms with van der Waals surface area (Å²) in [5, 5.41) is 0. The molecule has 1 fully saturated rings. The molecule has 3 rings (SSSR count). The second kappa shape index (κ2) is 7.19. The summed E-state index contributed by atoms with van der Waals surface area (Å²) in [5.41, 5.74) is 1.62. The summed E-state index contributed by atoms with van der Waals surface area (Å²) in [6.45, 7) is 3.11. The van der Waals surface area contributed by atoms with E-state index in [0.717, 1.165) is 12.4 Å². The van der Waals surface area contributed by atoms with Gasteiger partial charge >= 0.3 is 0 Å². The average molecular weight is 312 g/mol. The van der Waals surface area contributed by atoms with Gasteiger partial charge < -0.3 is 14.5 Å². The number of amides is 1. The summed E-state index contributed by atoms with van der Waals surface area (Å²) >= 11 is 0. The molecule has 120 valence electrons. The number of carbonyl (C=O) groups excluding carboxylic acids is 1. The fraction of sp³-hybridized carbons (Fsp3) is 0.353. The van der Waals surface area contributed by atoms with Crippen LogP contribution in [0.15, 0.2) is 42.7 Å². The van der Waals surface area contributed by atoms with Gasteiger partial charge in [0, 0.05) is 32.7 Å².